The van der Waals surface area contributed by atoms with E-state index in [1.165, 1.54) is 6.07 Å². The molecule has 5 nitrogen and oxygen atoms in total. The third kappa shape index (κ3) is 4.52. The lowest BCUT2D eigenvalue weighted by molar-refractivity contribution is -0.146. The number of carboxylic acids is 2. The van der Waals surface area contributed by atoms with Crippen LogP contribution in [0.4, 0.5) is 0 Å². The maximum absolute atomic E-state index is 10.8. The second-order valence-corrected chi connectivity index (χ2v) is 4.45. The monoisotopic (exact) mass is 291 g/mol. The van der Waals surface area contributed by atoms with Gasteiger partial charge in [-0.15, -0.1) is 0 Å². The van der Waals surface area contributed by atoms with Crippen molar-refractivity contribution in [3.05, 3.63) is 33.8 Å². The molecule has 98 valence electrons. The fourth-order valence-corrected chi connectivity index (χ4v) is 1.79. The second kappa shape index (κ2) is 6.58. The topological polar surface area (TPSA) is 86.6 Å². The van der Waals surface area contributed by atoms with E-state index in [1.807, 2.05) is 0 Å². The van der Waals surface area contributed by atoms with E-state index in [1.54, 1.807) is 12.1 Å². The van der Waals surface area contributed by atoms with Gasteiger partial charge in [0.15, 0.2) is 0 Å². The lowest BCUT2D eigenvalue weighted by atomic mass is 10.1. The van der Waals surface area contributed by atoms with Crippen molar-refractivity contribution in [3.63, 3.8) is 0 Å². The zero-order valence-electron chi connectivity index (χ0n) is 9.19. The van der Waals surface area contributed by atoms with Crippen molar-refractivity contribution >= 4 is 35.1 Å². The lowest BCUT2D eigenvalue weighted by Crippen LogP contribution is -2.38. The van der Waals surface area contributed by atoms with E-state index < -0.39 is 24.4 Å². The molecule has 0 radical (unpaired) electrons. The van der Waals surface area contributed by atoms with Crippen LogP contribution in [0.2, 0.25) is 10.0 Å². The zero-order valence-corrected chi connectivity index (χ0v) is 10.7. The first-order chi connectivity index (χ1) is 8.40. The van der Waals surface area contributed by atoms with Crippen molar-refractivity contribution in [2.45, 2.75) is 19.0 Å². The van der Waals surface area contributed by atoms with Crippen molar-refractivity contribution in [2.24, 2.45) is 0 Å². The molecule has 0 amide bonds. The minimum absolute atomic E-state index is 0.153. The Morgan fingerprint density at radius 2 is 1.94 bits per heavy atom. The third-order valence-electron chi connectivity index (χ3n) is 2.23. The number of hydrogen-bond acceptors (Lipinski definition) is 3. The molecule has 0 saturated heterocycles. The van der Waals surface area contributed by atoms with Gasteiger partial charge in [0.2, 0.25) is 0 Å². The highest BCUT2D eigenvalue weighted by molar-refractivity contribution is 6.35. The van der Waals surface area contributed by atoms with Gasteiger partial charge in [0.25, 0.3) is 0 Å². The SMILES string of the molecule is O=C(O)CC(NCc1ccc(Cl)cc1Cl)C(=O)O. The van der Waals surface area contributed by atoms with Gasteiger partial charge in [-0.25, -0.2) is 0 Å². The molecule has 0 fully saturated rings. The van der Waals surface area contributed by atoms with Crippen LogP contribution in [-0.2, 0) is 16.1 Å². The summed E-state index contributed by atoms with van der Waals surface area (Å²) in [7, 11) is 0. The standard InChI is InChI=1S/C11H11Cl2NO4/c12-7-2-1-6(8(13)3-7)5-14-9(11(17)18)4-10(15)16/h1-3,9,14H,4-5H2,(H,15,16)(H,17,18). The molecule has 0 aromatic heterocycles. The van der Waals surface area contributed by atoms with E-state index in [0.717, 1.165) is 0 Å². The Hall–Kier alpha value is -1.30. The highest BCUT2D eigenvalue weighted by atomic mass is 35.5. The van der Waals surface area contributed by atoms with Crippen LogP contribution in [0.15, 0.2) is 18.2 Å². The van der Waals surface area contributed by atoms with Crippen LogP contribution in [0.1, 0.15) is 12.0 Å². The number of carboxylic acid groups (broad SMARTS) is 2. The van der Waals surface area contributed by atoms with Gasteiger partial charge in [-0.1, -0.05) is 29.3 Å². The smallest absolute Gasteiger partial charge is 0.321 e. The number of nitrogens with one attached hydrogen (secondary N) is 1. The van der Waals surface area contributed by atoms with Gasteiger partial charge in [0.05, 0.1) is 6.42 Å². The van der Waals surface area contributed by atoms with E-state index in [-0.39, 0.29) is 6.54 Å². The van der Waals surface area contributed by atoms with Gasteiger partial charge >= 0.3 is 11.9 Å². The van der Waals surface area contributed by atoms with Crippen LogP contribution in [0, 0.1) is 0 Å². The molecular weight excluding hydrogens is 281 g/mol. The molecule has 1 rings (SSSR count). The molecule has 1 atom stereocenters. The Kier molecular flexibility index (Phi) is 5.40. The number of hydrogen-bond donors (Lipinski definition) is 3. The van der Waals surface area contributed by atoms with Gasteiger partial charge in [0.1, 0.15) is 6.04 Å². The molecule has 0 heterocycles. The van der Waals surface area contributed by atoms with Crippen LogP contribution in [0.5, 0.6) is 0 Å². The average molecular weight is 292 g/mol. The number of rotatable bonds is 6. The quantitative estimate of drug-likeness (QED) is 0.746. The number of carbonyl (C=O) groups is 2. The molecule has 18 heavy (non-hydrogen) atoms. The van der Waals surface area contributed by atoms with Crippen LogP contribution in [0.3, 0.4) is 0 Å². The summed E-state index contributed by atoms with van der Waals surface area (Å²) in [6, 6.07) is 3.65. The summed E-state index contributed by atoms with van der Waals surface area (Å²) in [6.45, 7) is 0.153. The van der Waals surface area contributed by atoms with Crippen molar-refractivity contribution in [3.8, 4) is 0 Å². The molecule has 0 aliphatic carbocycles. The van der Waals surface area contributed by atoms with Crippen LogP contribution >= 0.6 is 23.2 Å². The summed E-state index contributed by atoms with van der Waals surface area (Å²) in [5.74, 6) is -2.40. The highest BCUT2D eigenvalue weighted by Gasteiger charge is 2.20. The molecule has 0 bridgehead atoms. The first-order valence-electron chi connectivity index (χ1n) is 5.02. The summed E-state index contributed by atoms with van der Waals surface area (Å²) in [6.07, 6.45) is -0.499. The Morgan fingerprint density at radius 3 is 2.44 bits per heavy atom. The molecule has 0 aliphatic heterocycles. The minimum atomic E-state index is -1.22. The van der Waals surface area contributed by atoms with Gasteiger partial charge in [-0.2, -0.15) is 0 Å². The molecule has 1 aromatic carbocycles. The number of benzene rings is 1. The molecule has 0 spiro atoms. The molecule has 0 aliphatic rings. The van der Waals surface area contributed by atoms with Crippen LogP contribution in [-0.4, -0.2) is 28.2 Å². The molecule has 7 heteroatoms. The summed E-state index contributed by atoms with van der Waals surface area (Å²) < 4.78 is 0. The predicted molar refractivity (Wildman–Crippen MR) is 67.0 cm³/mol. The van der Waals surface area contributed by atoms with Gasteiger partial charge in [-0.3, -0.25) is 14.9 Å². The predicted octanol–water partition coefficient (Wildman–Crippen LogP) is 2.01. The first-order valence-corrected chi connectivity index (χ1v) is 5.77. The second-order valence-electron chi connectivity index (χ2n) is 3.61. The summed E-state index contributed by atoms with van der Waals surface area (Å²) in [5.41, 5.74) is 0.651. The summed E-state index contributed by atoms with van der Waals surface area (Å²) in [5, 5.41) is 20.9. The van der Waals surface area contributed by atoms with E-state index in [2.05, 4.69) is 5.32 Å². The van der Waals surface area contributed by atoms with Crippen molar-refractivity contribution in [1.29, 1.82) is 0 Å². The van der Waals surface area contributed by atoms with Crippen LogP contribution < -0.4 is 5.32 Å². The van der Waals surface area contributed by atoms with Crippen molar-refractivity contribution < 1.29 is 19.8 Å². The Labute approximate surface area is 113 Å². The molecule has 1 aromatic rings. The largest absolute Gasteiger partial charge is 0.481 e. The number of aliphatic carboxylic acids is 2. The van der Waals surface area contributed by atoms with Gasteiger partial charge < -0.3 is 10.2 Å². The maximum Gasteiger partial charge on any atom is 0.321 e. The van der Waals surface area contributed by atoms with E-state index in [9.17, 15) is 9.59 Å². The summed E-state index contributed by atoms with van der Waals surface area (Å²) in [4.78, 5) is 21.3. The van der Waals surface area contributed by atoms with Gasteiger partial charge in [0, 0.05) is 16.6 Å². The van der Waals surface area contributed by atoms with Crippen molar-refractivity contribution in [2.75, 3.05) is 0 Å². The third-order valence-corrected chi connectivity index (χ3v) is 2.82. The fourth-order valence-electron chi connectivity index (χ4n) is 1.32. The van der Waals surface area contributed by atoms with Crippen molar-refractivity contribution in [1.82, 2.24) is 5.32 Å². The van der Waals surface area contributed by atoms with E-state index in [0.29, 0.717) is 15.6 Å². The average Bonchev–Trinajstić information content (AvgIpc) is 2.25. The molecule has 0 saturated carbocycles. The molecule has 3 N–H and O–H groups in total. The lowest BCUT2D eigenvalue weighted by Gasteiger charge is -2.13. The Balaban J connectivity index is 2.66. The van der Waals surface area contributed by atoms with Crippen LogP contribution in [0.25, 0.3) is 0 Å². The van der Waals surface area contributed by atoms with E-state index >= 15 is 0 Å². The Morgan fingerprint density at radius 1 is 1.28 bits per heavy atom. The zero-order chi connectivity index (χ0) is 13.7. The Bertz CT molecular complexity index is 464. The normalized spacial score (nSPS) is 12.1. The summed E-state index contributed by atoms with van der Waals surface area (Å²) >= 11 is 11.6. The molecule has 1 unspecified atom stereocenters. The maximum atomic E-state index is 10.8. The fraction of sp³-hybridized carbons (Fsp3) is 0.273. The minimum Gasteiger partial charge on any atom is -0.481 e. The van der Waals surface area contributed by atoms with Gasteiger partial charge in [-0.05, 0) is 17.7 Å². The molecular formula is C11H11Cl2NO4. The number of halogens is 2. The first kappa shape index (κ1) is 14.8. The highest BCUT2D eigenvalue weighted by Crippen LogP contribution is 2.20. The van der Waals surface area contributed by atoms with E-state index in [4.69, 9.17) is 33.4 Å².